The minimum atomic E-state index is -1.07. The molecule has 0 amide bonds. The Kier molecular flexibility index (Phi) is 13.4. The SMILES string of the molecule is CCOC(=O)c1cc(C)n(-c2ccc(Cn3c(=O)[nH]c4cnc(-c5ccccc5C(C)C)nc43)cc2)n1.Cc1cc(C(=O)O)nn1-c1ccc(Cn2c(=O)[nH]c3cnc(-c4ccccc4C(C)C)nc32)cc1. The second kappa shape index (κ2) is 20.1. The molecular formula is C54H52N12O6. The molecule has 6 heterocycles. The number of nitrogens with zero attached hydrogens (tertiary/aromatic N) is 10. The van der Waals surface area contributed by atoms with Crippen molar-refractivity contribution in [1.82, 2.24) is 58.6 Å². The quantitative estimate of drug-likeness (QED) is 0.0922. The minimum Gasteiger partial charge on any atom is -0.476 e. The average Bonchev–Trinajstić information content (AvgIpc) is 4.14. The third-order valence-corrected chi connectivity index (χ3v) is 12.2. The first-order valence-electron chi connectivity index (χ1n) is 23.5. The van der Waals surface area contributed by atoms with Crippen molar-refractivity contribution in [2.24, 2.45) is 0 Å². The molecule has 6 aromatic heterocycles. The number of esters is 1. The number of H-pyrrole nitrogens is 2. The van der Waals surface area contributed by atoms with Crippen molar-refractivity contribution in [3.8, 4) is 34.2 Å². The lowest BCUT2D eigenvalue weighted by Gasteiger charge is -2.11. The number of rotatable bonds is 13. The van der Waals surface area contributed by atoms with Gasteiger partial charge in [0.25, 0.3) is 0 Å². The highest BCUT2D eigenvalue weighted by Gasteiger charge is 2.19. The molecule has 18 heteroatoms. The van der Waals surface area contributed by atoms with Crippen molar-refractivity contribution < 1.29 is 19.4 Å². The number of carbonyl (C=O) groups is 2. The van der Waals surface area contributed by atoms with Crippen molar-refractivity contribution in [3.63, 3.8) is 0 Å². The fourth-order valence-electron chi connectivity index (χ4n) is 8.58. The first-order chi connectivity index (χ1) is 34.7. The lowest BCUT2D eigenvalue weighted by atomic mass is 9.97. The number of benzene rings is 4. The topological polar surface area (TPSA) is 226 Å². The zero-order valence-corrected chi connectivity index (χ0v) is 40.8. The monoisotopic (exact) mass is 964 g/mol. The zero-order valence-electron chi connectivity index (χ0n) is 40.8. The molecule has 0 saturated carbocycles. The van der Waals surface area contributed by atoms with E-state index in [1.807, 2.05) is 91.9 Å². The van der Waals surface area contributed by atoms with Crippen LogP contribution in [-0.4, -0.2) is 82.3 Å². The van der Waals surface area contributed by atoms with Crippen LogP contribution in [0, 0.1) is 13.8 Å². The number of hydrogen-bond donors (Lipinski definition) is 3. The van der Waals surface area contributed by atoms with E-state index in [2.05, 4.69) is 70.0 Å². The summed E-state index contributed by atoms with van der Waals surface area (Å²) in [6, 6.07) is 34.5. The Morgan fingerprint density at radius 3 is 1.43 bits per heavy atom. The van der Waals surface area contributed by atoms with E-state index in [1.54, 1.807) is 50.8 Å². The normalized spacial score (nSPS) is 11.4. The third kappa shape index (κ3) is 9.74. The van der Waals surface area contributed by atoms with E-state index in [0.29, 0.717) is 71.2 Å². The van der Waals surface area contributed by atoms with Gasteiger partial charge in [-0.1, -0.05) is 100 Å². The molecule has 72 heavy (non-hydrogen) atoms. The Morgan fingerprint density at radius 1 is 0.611 bits per heavy atom. The van der Waals surface area contributed by atoms with E-state index in [4.69, 9.17) is 14.7 Å². The van der Waals surface area contributed by atoms with Gasteiger partial charge in [0.1, 0.15) is 11.0 Å². The molecule has 0 atom stereocenters. The number of carbonyl (C=O) groups excluding carboxylic acids is 1. The van der Waals surface area contributed by atoms with Crippen LogP contribution in [0.15, 0.2) is 131 Å². The maximum absolute atomic E-state index is 12.8. The van der Waals surface area contributed by atoms with Crippen LogP contribution in [-0.2, 0) is 17.8 Å². The molecule has 0 bridgehead atoms. The number of ether oxygens (including phenoxy) is 1. The summed E-state index contributed by atoms with van der Waals surface area (Å²) in [5.74, 6) is 0.271. The number of hydrogen-bond acceptors (Lipinski definition) is 11. The van der Waals surface area contributed by atoms with Gasteiger partial charge in [-0.2, -0.15) is 10.2 Å². The van der Waals surface area contributed by atoms with E-state index in [9.17, 15) is 24.3 Å². The van der Waals surface area contributed by atoms with Gasteiger partial charge in [-0.3, -0.25) is 9.13 Å². The summed E-state index contributed by atoms with van der Waals surface area (Å²) in [6.45, 7) is 14.9. The molecule has 18 nitrogen and oxygen atoms in total. The Balaban J connectivity index is 0.000000178. The highest BCUT2D eigenvalue weighted by atomic mass is 16.5. The fourth-order valence-corrected chi connectivity index (χ4v) is 8.58. The molecule has 0 fully saturated rings. The smallest absolute Gasteiger partial charge is 0.358 e. The van der Waals surface area contributed by atoms with E-state index < -0.39 is 11.9 Å². The lowest BCUT2D eigenvalue weighted by molar-refractivity contribution is 0.0518. The Hall–Kier alpha value is -9.06. The zero-order chi connectivity index (χ0) is 50.8. The highest BCUT2D eigenvalue weighted by molar-refractivity contribution is 5.87. The van der Waals surface area contributed by atoms with Crippen LogP contribution in [0.1, 0.15) is 101 Å². The van der Waals surface area contributed by atoms with Gasteiger partial charge in [-0.05, 0) is 91.3 Å². The second-order valence-electron chi connectivity index (χ2n) is 17.9. The largest absolute Gasteiger partial charge is 0.476 e. The Labute approximate surface area is 412 Å². The highest BCUT2D eigenvalue weighted by Crippen LogP contribution is 2.29. The fraction of sp³-hybridized carbons (Fsp3) is 0.222. The summed E-state index contributed by atoms with van der Waals surface area (Å²) in [6.07, 6.45) is 3.31. The third-order valence-electron chi connectivity index (χ3n) is 12.2. The van der Waals surface area contributed by atoms with Gasteiger partial charge in [-0.25, -0.2) is 48.5 Å². The summed E-state index contributed by atoms with van der Waals surface area (Å²) >= 11 is 0. The van der Waals surface area contributed by atoms with Gasteiger partial charge in [0.2, 0.25) is 0 Å². The van der Waals surface area contributed by atoms with Crippen molar-refractivity contribution in [2.75, 3.05) is 6.61 Å². The van der Waals surface area contributed by atoms with Crippen molar-refractivity contribution >= 4 is 34.3 Å². The molecule has 4 aromatic carbocycles. The second-order valence-corrected chi connectivity index (χ2v) is 17.9. The molecule has 10 rings (SSSR count). The van der Waals surface area contributed by atoms with Crippen LogP contribution in [0.5, 0.6) is 0 Å². The maximum Gasteiger partial charge on any atom is 0.358 e. The number of carboxylic acid groups (broad SMARTS) is 1. The van der Waals surface area contributed by atoms with Crippen LogP contribution in [0.25, 0.3) is 56.5 Å². The summed E-state index contributed by atoms with van der Waals surface area (Å²) in [5, 5.41) is 17.7. The number of fused-ring (bicyclic) bond motifs is 2. The van der Waals surface area contributed by atoms with E-state index in [-0.39, 0.29) is 22.8 Å². The lowest BCUT2D eigenvalue weighted by Crippen LogP contribution is -2.18. The average molecular weight is 965 g/mol. The molecule has 0 spiro atoms. The van der Waals surface area contributed by atoms with Gasteiger partial charge >= 0.3 is 23.3 Å². The summed E-state index contributed by atoms with van der Waals surface area (Å²) in [4.78, 5) is 73.0. The van der Waals surface area contributed by atoms with Gasteiger partial charge in [0.05, 0.1) is 43.5 Å². The Bertz CT molecular complexity index is 3740. The number of aromatic nitrogens is 12. The molecule has 0 unspecified atom stereocenters. The van der Waals surface area contributed by atoms with Crippen LogP contribution in [0.2, 0.25) is 0 Å². The summed E-state index contributed by atoms with van der Waals surface area (Å²) in [7, 11) is 0. The van der Waals surface area contributed by atoms with Gasteiger partial charge in [-0.15, -0.1) is 0 Å². The summed E-state index contributed by atoms with van der Waals surface area (Å²) < 4.78 is 11.5. The minimum absolute atomic E-state index is 0.00792. The van der Waals surface area contributed by atoms with Crippen LogP contribution >= 0.6 is 0 Å². The Morgan fingerprint density at radius 2 is 1.03 bits per heavy atom. The van der Waals surface area contributed by atoms with Crippen LogP contribution < -0.4 is 11.4 Å². The van der Waals surface area contributed by atoms with Crippen LogP contribution in [0.3, 0.4) is 0 Å². The van der Waals surface area contributed by atoms with E-state index in [0.717, 1.165) is 50.4 Å². The number of imidazole rings is 2. The maximum atomic E-state index is 12.8. The van der Waals surface area contributed by atoms with Crippen molar-refractivity contribution in [2.45, 2.75) is 73.4 Å². The predicted molar refractivity (Wildman–Crippen MR) is 273 cm³/mol. The molecule has 10 aromatic rings. The van der Waals surface area contributed by atoms with E-state index >= 15 is 0 Å². The number of aryl methyl sites for hydroxylation is 2. The number of aromatic amines is 2. The summed E-state index contributed by atoms with van der Waals surface area (Å²) in [5.41, 5.74) is 11.1. The van der Waals surface area contributed by atoms with Gasteiger partial charge < -0.3 is 19.8 Å². The molecule has 0 aliphatic rings. The number of carboxylic acids is 1. The molecule has 0 saturated heterocycles. The standard InChI is InChI=1S/C28H28N6O3.C26H24N6O3/c1-5-37-27(35)23-14-18(4)34(32-23)20-12-10-19(11-13-20)16-33-26-24(30-28(33)36)15-29-25(31-26)22-9-7-6-8-21(22)17(2)3;1-15(2)19-6-4-5-7-20(19)23-27-13-22-24(29-23)31(26(35)28-22)14-17-8-10-18(11-9-17)32-16(3)12-21(30-32)25(33)34/h6-15,17H,5,16H2,1-4H3,(H,30,36);4-13,15H,14H2,1-3H3,(H,28,35)(H,33,34). The number of aromatic carboxylic acids is 1. The van der Waals surface area contributed by atoms with Gasteiger partial charge in [0.15, 0.2) is 34.3 Å². The number of nitrogens with one attached hydrogen (secondary N) is 2. The molecule has 0 radical (unpaired) electrons. The molecular weight excluding hydrogens is 913 g/mol. The molecule has 364 valence electrons. The van der Waals surface area contributed by atoms with Crippen LogP contribution in [0.4, 0.5) is 0 Å². The predicted octanol–water partition coefficient (Wildman–Crippen LogP) is 8.78. The molecule has 0 aliphatic heterocycles. The van der Waals surface area contributed by atoms with Gasteiger partial charge in [0, 0.05) is 22.5 Å². The first-order valence-corrected chi connectivity index (χ1v) is 23.5. The molecule has 0 aliphatic carbocycles. The molecule has 3 N–H and O–H groups in total. The first kappa shape index (κ1) is 48.0. The van der Waals surface area contributed by atoms with Crippen molar-refractivity contribution in [1.29, 1.82) is 0 Å². The van der Waals surface area contributed by atoms with E-state index in [1.165, 1.54) is 6.07 Å². The van der Waals surface area contributed by atoms with Crippen molar-refractivity contribution in [3.05, 3.63) is 188 Å².